The minimum absolute atomic E-state index is 0.00183. The van der Waals surface area contributed by atoms with Crippen LogP contribution in [0.5, 0.6) is 5.75 Å². The van der Waals surface area contributed by atoms with Crippen LogP contribution in [0.1, 0.15) is 31.7 Å². The van der Waals surface area contributed by atoms with Gasteiger partial charge in [0.2, 0.25) is 5.91 Å². The Morgan fingerprint density at radius 3 is 2.64 bits per heavy atom. The van der Waals surface area contributed by atoms with E-state index in [4.69, 9.17) is 16.3 Å². The molecule has 5 heteroatoms. The second-order valence-corrected chi connectivity index (χ2v) is 8.39. The number of carbonyl (C=O) groups is 1. The largest absolute Gasteiger partial charge is 0.489 e. The zero-order valence-corrected chi connectivity index (χ0v) is 17.1. The Balaban J connectivity index is 1.55. The van der Waals surface area contributed by atoms with Crippen molar-refractivity contribution in [1.29, 1.82) is 0 Å². The lowest BCUT2D eigenvalue weighted by atomic mass is 9.98. The smallest absolute Gasteiger partial charge is 0.224 e. The van der Waals surface area contributed by atoms with Crippen molar-refractivity contribution in [2.75, 3.05) is 24.6 Å². The number of piperidine rings is 1. The first-order chi connectivity index (χ1) is 13.6. The summed E-state index contributed by atoms with van der Waals surface area (Å²) in [6.45, 7) is 5.24. The molecule has 1 fully saturated rings. The predicted octanol–water partition coefficient (Wildman–Crippen LogP) is 4.76. The molecule has 1 saturated heterocycles. The Hall–Kier alpha value is -2.20. The number of halogens is 1. The summed E-state index contributed by atoms with van der Waals surface area (Å²) in [7, 11) is 0. The van der Waals surface area contributed by atoms with E-state index in [2.05, 4.69) is 24.0 Å². The summed E-state index contributed by atoms with van der Waals surface area (Å²) in [6.07, 6.45) is 2.66. The summed E-state index contributed by atoms with van der Waals surface area (Å²) in [5.74, 6) is 1.77. The van der Waals surface area contributed by atoms with Crippen molar-refractivity contribution in [3.05, 3.63) is 59.1 Å². The Morgan fingerprint density at radius 1 is 1.14 bits per heavy atom. The van der Waals surface area contributed by atoms with E-state index in [0.717, 1.165) is 43.9 Å². The van der Waals surface area contributed by atoms with Gasteiger partial charge in [-0.3, -0.25) is 4.79 Å². The Labute approximate surface area is 172 Å². The highest BCUT2D eigenvalue weighted by molar-refractivity contribution is 6.31. The average molecular weight is 399 g/mol. The lowest BCUT2D eigenvalue weighted by molar-refractivity contribution is -0.133. The molecule has 0 spiro atoms. The summed E-state index contributed by atoms with van der Waals surface area (Å²) >= 11 is 6.28. The molecule has 148 valence electrons. The number of likely N-dealkylation sites (tertiary alicyclic amines) is 1. The van der Waals surface area contributed by atoms with E-state index in [0.29, 0.717) is 24.0 Å². The molecule has 2 aromatic carbocycles. The topological polar surface area (TPSA) is 32.8 Å². The van der Waals surface area contributed by atoms with Gasteiger partial charge in [0.05, 0.1) is 18.2 Å². The molecule has 2 aliphatic rings. The van der Waals surface area contributed by atoms with Gasteiger partial charge in [0.1, 0.15) is 12.4 Å². The Morgan fingerprint density at radius 2 is 1.89 bits per heavy atom. The number of benzene rings is 2. The molecule has 0 unspecified atom stereocenters. The van der Waals surface area contributed by atoms with Crippen LogP contribution in [-0.2, 0) is 11.3 Å². The van der Waals surface area contributed by atoms with Crippen LogP contribution in [0.3, 0.4) is 0 Å². The SMILES string of the molecule is CC1CCN(C(=O)C[C@@H]2COc3ccc(Cl)cc3N2Cc2ccccc2)CC1. The average Bonchev–Trinajstić information content (AvgIpc) is 2.71. The van der Waals surface area contributed by atoms with Crippen LogP contribution in [0.4, 0.5) is 5.69 Å². The normalized spacial score (nSPS) is 19.9. The summed E-state index contributed by atoms with van der Waals surface area (Å²) < 4.78 is 5.99. The van der Waals surface area contributed by atoms with E-state index in [-0.39, 0.29) is 11.9 Å². The number of hydrogen-bond acceptors (Lipinski definition) is 3. The third-order valence-corrected chi connectivity index (χ3v) is 6.08. The van der Waals surface area contributed by atoms with Crippen molar-refractivity contribution in [3.8, 4) is 5.75 Å². The Kier molecular flexibility index (Phi) is 5.77. The number of amides is 1. The van der Waals surface area contributed by atoms with Gasteiger partial charge < -0.3 is 14.5 Å². The maximum absolute atomic E-state index is 13.0. The summed E-state index contributed by atoms with van der Waals surface area (Å²) in [5, 5.41) is 0.678. The molecule has 0 N–H and O–H groups in total. The van der Waals surface area contributed by atoms with Gasteiger partial charge in [-0.15, -0.1) is 0 Å². The van der Waals surface area contributed by atoms with Crippen molar-refractivity contribution < 1.29 is 9.53 Å². The third-order valence-electron chi connectivity index (χ3n) is 5.84. The van der Waals surface area contributed by atoms with E-state index in [1.165, 1.54) is 5.56 Å². The minimum atomic E-state index is -0.00183. The van der Waals surface area contributed by atoms with Crippen LogP contribution in [0.2, 0.25) is 5.02 Å². The number of hydrogen-bond donors (Lipinski definition) is 0. The number of rotatable bonds is 4. The highest BCUT2D eigenvalue weighted by atomic mass is 35.5. The molecule has 4 rings (SSSR count). The van der Waals surface area contributed by atoms with Gasteiger partial charge in [-0.25, -0.2) is 0 Å². The van der Waals surface area contributed by atoms with Crippen LogP contribution < -0.4 is 9.64 Å². The fourth-order valence-corrected chi connectivity index (χ4v) is 4.23. The van der Waals surface area contributed by atoms with Crippen LogP contribution >= 0.6 is 11.6 Å². The minimum Gasteiger partial charge on any atom is -0.489 e. The first-order valence-corrected chi connectivity index (χ1v) is 10.5. The van der Waals surface area contributed by atoms with E-state index in [1.54, 1.807) is 0 Å². The Bertz CT molecular complexity index is 819. The van der Waals surface area contributed by atoms with Gasteiger partial charge >= 0.3 is 0 Å². The van der Waals surface area contributed by atoms with Gasteiger partial charge in [0.25, 0.3) is 0 Å². The highest BCUT2D eigenvalue weighted by Crippen LogP contribution is 2.38. The molecule has 28 heavy (non-hydrogen) atoms. The second kappa shape index (κ2) is 8.44. The fourth-order valence-electron chi connectivity index (χ4n) is 4.06. The molecule has 1 amide bonds. The molecule has 1 atom stereocenters. The van der Waals surface area contributed by atoms with Crippen molar-refractivity contribution in [1.82, 2.24) is 4.90 Å². The molecule has 0 radical (unpaired) electrons. The molecule has 2 aliphatic heterocycles. The van der Waals surface area contributed by atoms with E-state index < -0.39 is 0 Å². The van der Waals surface area contributed by atoms with E-state index in [1.807, 2.05) is 41.3 Å². The van der Waals surface area contributed by atoms with Crippen LogP contribution in [-0.4, -0.2) is 36.5 Å². The first-order valence-electron chi connectivity index (χ1n) is 10.1. The molecule has 0 aromatic heterocycles. The number of fused-ring (bicyclic) bond motifs is 1. The van der Waals surface area contributed by atoms with Crippen LogP contribution in [0, 0.1) is 5.92 Å². The summed E-state index contributed by atoms with van der Waals surface area (Å²) in [5.41, 5.74) is 2.17. The van der Waals surface area contributed by atoms with Gasteiger partial charge in [0.15, 0.2) is 0 Å². The van der Waals surface area contributed by atoms with Gasteiger partial charge in [-0.05, 0) is 42.5 Å². The lowest BCUT2D eigenvalue weighted by Gasteiger charge is -2.40. The van der Waals surface area contributed by atoms with Crippen LogP contribution in [0.25, 0.3) is 0 Å². The number of carbonyl (C=O) groups excluding carboxylic acids is 1. The lowest BCUT2D eigenvalue weighted by Crippen LogP contribution is -2.47. The number of anilines is 1. The molecule has 2 heterocycles. The molecule has 2 aromatic rings. The van der Waals surface area contributed by atoms with E-state index >= 15 is 0 Å². The highest BCUT2D eigenvalue weighted by Gasteiger charge is 2.31. The molecule has 0 aliphatic carbocycles. The van der Waals surface area contributed by atoms with Gasteiger partial charge in [-0.1, -0.05) is 48.9 Å². The summed E-state index contributed by atoms with van der Waals surface area (Å²) in [6, 6.07) is 16.0. The number of nitrogens with zero attached hydrogens (tertiary/aromatic N) is 2. The molecular weight excluding hydrogens is 372 g/mol. The standard InChI is InChI=1S/C23H27ClN2O2/c1-17-9-11-25(12-10-17)23(27)14-20-16-28-22-8-7-19(24)13-21(22)26(20)15-18-5-3-2-4-6-18/h2-8,13,17,20H,9-12,14-16H2,1H3/t20-/m1/s1. The zero-order valence-electron chi connectivity index (χ0n) is 16.3. The van der Waals surface area contributed by atoms with Crippen LogP contribution in [0.15, 0.2) is 48.5 Å². The molecule has 4 nitrogen and oxygen atoms in total. The van der Waals surface area contributed by atoms with Crippen molar-refractivity contribution >= 4 is 23.2 Å². The first kappa shape index (κ1) is 19.1. The maximum atomic E-state index is 13.0. The number of ether oxygens (including phenoxy) is 1. The van der Waals surface area contributed by atoms with Crippen molar-refractivity contribution in [2.24, 2.45) is 5.92 Å². The molecular formula is C23H27ClN2O2. The summed E-state index contributed by atoms with van der Waals surface area (Å²) in [4.78, 5) is 17.3. The van der Waals surface area contributed by atoms with E-state index in [9.17, 15) is 4.79 Å². The van der Waals surface area contributed by atoms with Gasteiger partial charge in [-0.2, -0.15) is 0 Å². The third kappa shape index (κ3) is 4.27. The predicted molar refractivity (Wildman–Crippen MR) is 113 cm³/mol. The quantitative estimate of drug-likeness (QED) is 0.744. The molecule has 0 bridgehead atoms. The zero-order chi connectivity index (χ0) is 19.5. The molecule has 0 saturated carbocycles. The maximum Gasteiger partial charge on any atom is 0.224 e. The second-order valence-electron chi connectivity index (χ2n) is 7.96. The van der Waals surface area contributed by atoms with Crippen molar-refractivity contribution in [3.63, 3.8) is 0 Å². The monoisotopic (exact) mass is 398 g/mol. The fraction of sp³-hybridized carbons (Fsp3) is 0.435. The van der Waals surface area contributed by atoms with Gasteiger partial charge in [0, 0.05) is 24.7 Å². The van der Waals surface area contributed by atoms with Crippen molar-refractivity contribution in [2.45, 2.75) is 38.8 Å².